The SMILES string of the molecule is C1CN2SSC2N1. The zero-order valence-corrected chi connectivity index (χ0v) is 5.39. The molecule has 0 aromatic carbocycles. The molecule has 0 saturated carbocycles. The molecule has 40 valence electrons. The summed E-state index contributed by atoms with van der Waals surface area (Å²) in [5.74, 6) is 0. The van der Waals surface area contributed by atoms with Crippen LogP contribution in [0.2, 0.25) is 0 Å². The van der Waals surface area contributed by atoms with Crippen molar-refractivity contribution in [3.8, 4) is 0 Å². The van der Waals surface area contributed by atoms with Crippen molar-refractivity contribution in [3.05, 3.63) is 0 Å². The molecule has 0 aromatic heterocycles. The Balaban J connectivity index is 2.03. The fourth-order valence-electron chi connectivity index (χ4n) is 0.736. The third-order valence-corrected chi connectivity index (χ3v) is 3.93. The molecule has 0 radical (unpaired) electrons. The first-order valence-corrected chi connectivity index (χ1v) is 4.47. The van der Waals surface area contributed by atoms with E-state index in [2.05, 4.69) is 9.62 Å². The maximum absolute atomic E-state index is 3.32. The van der Waals surface area contributed by atoms with Crippen molar-refractivity contribution >= 4 is 21.8 Å². The van der Waals surface area contributed by atoms with E-state index in [-0.39, 0.29) is 0 Å². The second-order valence-electron chi connectivity index (χ2n) is 1.62. The number of rotatable bonds is 0. The van der Waals surface area contributed by atoms with Crippen molar-refractivity contribution < 1.29 is 0 Å². The lowest BCUT2D eigenvalue weighted by atomic mass is 10.7. The van der Waals surface area contributed by atoms with Crippen LogP contribution in [0.3, 0.4) is 0 Å². The smallest absolute Gasteiger partial charge is 0.129 e. The number of hydrogen-bond donors (Lipinski definition) is 1. The highest BCUT2D eigenvalue weighted by atomic mass is 33.1. The molecule has 1 N–H and O–H groups in total. The van der Waals surface area contributed by atoms with Crippen molar-refractivity contribution in [1.29, 1.82) is 0 Å². The van der Waals surface area contributed by atoms with Gasteiger partial charge in [-0.2, -0.15) is 0 Å². The normalized spacial score (nSPS) is 40.3. The van der Waals surface area contributed by atoms with Crippen LogP contribution in [-0.4, -0.2) is 22.9 Å². The Kier molecular flexibility index (Phi) is 0.994. The largest absolute Gasteiger partial charge is 0.290 e. The summed E-state index contributed by atoms with van der Waals surface area (Å²) in [6, 6.07) is 0. The molecular weight excluding hydrogens is 128 g/mol. The molecule has 0 spiro atoms. The van der Waals surface area contributed by atoms with Gasteiger partial charge in [0.05, 0.1) is 0 Å². The maximum atomic E-state index is 3.32. The Morgan fingerprint density at radius 2 is 2.71 bits per heavy atom. The molecule has 0 aromatic rings. The highest BCUT2D eigenvalue weighted by molar-refractivity contribution is 8.78. The van der Waals surface area contributed by atoms with Crippen LogP contribution < -0.4 is 5.32 Å². The van der Waals surface area contributed by atoms with Gasteiger partial charge < -0.3 is 0 Å². The van der Waals surface area contributed by atoms with Gasteiger partial charge in [-0.3, -0.25) is 5.32 Å². The summed E-state index contributed by atoms with van der Waals surface area (Å²) in [4.78, 5) is 0. The molecule has 2 saturated heterocycles. The molecule has 2 rings (SSSR count). The molecule has 2 heterocycles. The van der Waals surface area contributed by atoms with Gasteiger partial charge in [0, 0.05) is 13.1 Å². The summed E-state index contributed by atoms with van der Waals surface area (Å²) in [6.45, 7) is 2.40. The molecule has 7 heavy (non-hydrogen) atoms. The van der Waals surface area contributed by atoms with Crippen LogP contribution in [0.4, 0.5) is 0 Å². The summed E-state index contributed by atoms with van der Waals surface area (Å²) in [5, 5.41) is 3.32. The highest BCUT2D eigenvalue weighted by Gasteiger charge is 2.33. The second kappa shape index (κ2) is 1.55. The van der Waals surface area contributed by atoms with E-state index in [4.69, 9.17) is 0 Å². The Morgan fingerprint density at radius 3 is 3.00 bits per heavy atom. The van der Waals surface area contributed by atoms with Crippen LogP contribution in [0, 0.1) is 0 Å². The number of nitrogens with one attached hydrogen (secondary N) is 1. The Labute approximate surface area is 50.5 Å². The molecule has 2 fully saturated rings. The van der Waals surface area contributed by atoms with E-state index in [0.29, 0.717) is 5.50 Å². The van der Waals surface area contributed by atoms with E-state index in [1.54, 1.807) is 0 Å². The Morgan fingerprint density at radius 1 is 1.71 bits per heavy atom. The molecule has 0 bridgehead atoms. The molecule has 1 atom stereocenters. The fourth-order valence-corrected chi connectivity index (χ4v) is 2.87. The first kappa shape index (κ1) is 4.49. The van der Waals surface area contributed by atoms with Crippen molar-refractivity contribution in [2.75, 3.05) is 13.1 Å². The van der Waals surface area contributed by atoms with Gasteiger partial charge in [-0.05, 0) is 21.8 Å². The lowest BCUT2D eigenvalue weighted by Crippen LogP contribution is -2.33. The van der Waals surface area contributed by atoms with Crippen LogP contribution >= 0.6 is 21.8 Å². The monoisotopic (exact) mass is 134 g/mol. The van der Waals surface area contributed by atoms with Gasteiger partial charge in [-0.1, -0.05) is 0 Å². The summed E-state index contributed by atoms with van der Waals surface area (Å²) in [6.07, 6.45) is 0. The van der Waals surface area contributed by atoms with Crippen LogP contribution in [0.25, 0.3) is 0 Å². The molecule has 2 aliphatic heterocycles. The van der Waals surface area contributed by atoms with Crippen molar-refractivity contribution in [2.45, 2.75) is 5.50 Å². The first-order chi connectivity index (χ1) is 3.47. The Hall–Kier alpha value is 0.620. The van der Waals surface area contributed by atoms with E-state index in [9.17, 15) is 0 Å². The standard InChI is InChI=1S/C3H6N2S2/c1-2-5-3(4-1)6-7-5/h3-4H,1-2H2. The molecule has 2 aliphatic rings. The summed E-state index contributed by atoms with van der Waals surface area (Å²) in [7, 11) is 3.77. The van der Waals surface area contributed by atoms with Crippen LogP contribution in [-0.2, 0) is 0 Å². The second-order valence-corrected chi connectivity index (χ2v) is 3.90. The highest BCUT2D eigenvalue weighted by Crippen LogP contribution is 2.45. The molecule has 4 heteroatoms. The number of hydrogen-bond acceptors (Lipinski definition) is 4. The molecule has 0 aliphatic carbocycles. The van der Waals surface area contributed by atoms with E-state index in [1.807, 2.05) is 21.8 Å². The molecule has 1 unspecified atom stereocenters. The maximum Gasteiger partial charge on any atom is 0.129 e. The van der Waals surface area contributed by atoms with Crippen LogP contribution in [0.1, 0.15) is 0 Å². The van der Waals surface area contributed by atoms with E-state index >= 15 is 0 Å². The van der Waals surface area contributed by atoms with Crippen molar-refractivity contribution in [3.63, 3.8) is 0 Å². The minimum absolute atomic E-state index is 0.657. The predicted octanol–water partition coefficient (Wildman–Crippen LogP) is 0.485. The van der Waals surface area contributed by atoms with Gasteiger partial charge in [0.2, 0.25) is 0 Å². The number of nitrogens with zero attached hydrogens (tertiary/aromatic N) is 1. The minimum Gasteiger partial charge on any atom is -0.290 e. The lowest BCUT2D eigenvalue weighted by molar-refractivity contribution is 0.528. The van der Waals surface area contributed by atoms with E-state index in [1.165, 1.54) is 13.1 Å². The van der Waals surface area contributed by atoms with Crippen LogP contribution in [0.15, 0.2) is 0 Å². The fraction of sp³-hybridized carbons (Fsp3) is 1.00. The third kappa shape index (κ3) is 0.579. The van der Waals surface area contributed by atoms with Gasteiger partial charge in [0.25, 0.3) is 0 Å². The van der Waals surface area contributed by atoms with Crippen molar-refractivity contribution in [1.82, 2.24) is 9.62 Å². The first-order valence-electron chi connectivity index (χ1n) is 2.30. The average molecular weight is 134 g/mol. The molecule has 0 amide bonds. The summed E-state index contributed by atoms with van der Waals surface area (Å²) in [5.41, 5.74) is 0.657. The predicted molar refractivity (Wildman–Crippen MR) is 33.7 cm³/mol. The van der Waals surface area contributed by atoms with Gasteiger partial charge in [0.15, 0.2) is 0 Å². The lowest BCUT2D eigenvalue weighted by Gasteiger charge is -2.30. The third-order valence-electron chi connectivity index (χ3n) is 1.14. The molecule has 2 nitrogen and oxygen atoms in total. The summed E-state index contributed by atoms with van der Waals surface area (Å²) >= 11 is 0. The molecular formula is C3H6N2S2. The van der Waals surface area contributed by atoms with Gasteiger partial charge in [-0.25, -0.2) is 4.31 Å². The van der Waals surface area contributed by atoms with Gasteiger partial charge in [-0.15, -0.1) is 0 Å². The summed E-state index contributed by atoms with van der Waals surface area (Å²) < 4.78 is 2.35. The van der Waals surface area contributed by atoms with E-state index < -0.39 is 0 Å². The quantitative estimate of drug-likeness (QED) is 0.383. The minimum atomic E-state index is 0.657. The van der Waals surface area contributed by atoms with Gasteiger partial charge in [0.1, 0.15) is 5.50 Å². The van der Waals surface area contributed by atoms with E-state index in [0.717, 1.165) is 0 Å². The zero-order chi connectivity index (χ0) is 4.69. The topological polar surface area (TPSA) is 15.3 Å². The van der Waals surface area contributed by atoms with Crippen LogP contribution in [0.5, 0.6) is 0 Å². The number of fused-ring (bicyclic) bond motifs is 1. The Bertz CT molecular complexity index is 77.0. The van der Waals surface area contributed by atoms with Gasteiger partial charge >= 0.3 is 0 Å². The zero-order valence-electron chi connectivity index (χ0n) is 3.76. The van der Waals surface area contributed by atoms with Crippen molar-refractivity contribution in [2.24, 2.45) is 0 Å². The average Bonchev–Trinajstić information content (AvgIpc) is 1.85.